The van der Waals surface area contributed by atoms with E-state index < -0.39 is 10.8 Å². The SMILES string of the molecule is Cc1cc(Br)c(NC(=O)COc2cc(C)ccc2[N+](=O)[O-])c(Br)c1. The number of nitrogens with one attached hydrogen (secondary N) is 1. The second kappa shape index (κ2) is 7.76. The third-order valence-corrected chi connectivity index (χ3v) is 4.37. The first-order valence-electron chi connectivity index (χ1n) is 6.91. The predicted octanol–water partition coefficient (Wildman–Crippen LogP) is 4.75. The van der Waals surface area contributed by atoms with E-state index in [1.54, 1.807) is 13.0 Å². The summed E-state index contributed by atoms with van der Waals surface area (Å²) in [5.41, 5.74) is 2.23. The summed E-state index contributed by atoms with van der Waals surface area (Å²) in [6.07, 6.45) is 0. The summed E-state index contributed by atoms with van der Waals surface area (Å²) in [4.78, 5) is 22.6. The molecule has 126 valence electrons. The molecule has 0 fully saturated rings. The normalized spacial score (nSPS) is 10.3. The van der Waals surface area contributed by atoms with Gasteiger partial charge in [-0.25, -0.2) is 0 Å². The summed E-state index contributed by atoms with van der Waals surface area (Å²) in [6, 6.07) is 8.24. The van der Waals surface area contributed by atoms with Crippen molar-refractivity contribution in [1.29, 1.82) is 0 Å². The molecule has 1 amide bonds. The van der Waals surface area contributed by atoms with Crippen molar-refractivity contribution in [3.63, 3.8) is 0 Å². The molecule has 0 heterocycles. The van der Waals surface area contributed by atoms with Crippen LogP contribution in [0.3, 0.4) is 0 Å². The molecule has 0 aliphatic rings. The minimum absolute atomic E-state index is 0.0668. The zero-order valence-corrected chi connectivity index (χ0v) is 16.1. The molecule has 2 aromatic rings. The number of hydrogen-bond donors (Lipinski definition) is 1. The van der Waals surface area contributed by atoms with Crippen molar-refractivity contribution < 1.29 is 14.5 Å². The second-order valence-corrected chi connectivity index (χ2v) is 6.88. The van der Waals surface area contributed by atoms with Crippen LogP contribution >= 0.6 is 31.9 Å². The van der Waals surface area contributed by atoms with Gasteiger partial charge in [0, 0.05) is 15.0 Å². The lowest BCUT2D eigenvalue weighted by atomic mass is 10.2. The number of hydrogen-bond acceptors (Lipinski definition) is 4. The molecule has 0 unspecified atom stereocenters. The summed E-state index contributed by atoms with van der Waals surface area (Å²) in [5, 5.41) is 13.7. The van der Waals surface area contributed by atoms with Gasteiger partial charge in [-0.3, -0.25) is 14.9 Å². The zero-order chi connectivity index (χ0) is 17.9. The van der Waals surface area contributed by atoms with Crippen molar-refractivity contribution in [2.45, 2.75) is 13.8 Å². The monoisotopic (exact) mass is 456 g/mol. The van der Waals surface area contributed by atoms with Crippen LogP contribution in [0, 0.1) is 24.0 Å². The summed E-state index contributed by atoms with van der Waals surface area (Å²) in [6.45, 7) is 3.38. The van der Waals surface area contributed by atoms with Crippen molar-refractivity contribution in [2.24, 2.45) is 0 Å². The Balaban J connectivity index is 2.10. The fraction of sp³-hybridized carbons (Fsp3) is 0.188. The van der Waals surface area contributed by atoms with Crippen LogP contribution in [0.15, 0.2) is 39.3 Å². The first kappa shape index (κ1) is 18.4. The van der Waals surface area contributed by atoms with Gasteiger partial charge in [-0.15, -0.1) is 0 Å². The molecular formula is C16H14Br2N2O4. The van der Waals surface area contributed by atoms with Crippen molar-refractivity contribution in [3.05, 3.63) is 60.5 Å². The minimum atomic E-state index is -0.542. The van der Waals surface area contributed by atoms with Gasteiger partial charge in [0.15, 0.2) is 12.4 Å². The topological polar surface area (TPSA) is 81.5 Å². The van der Waals surface area contributed by atoms with Gasteiger partial charge >= 0.3 is 5.69 Å². The van der Waals surface area contributed by atoms with E-state index in [-0.39, 0.29) is 18.0 Å². The number of nitrogens with zero attached hydrogens (tertiary/aromatic N) is 1. The molecule has 0 aliphatic carbocycles. The number of halogens is 2. The average molecular weight is 458 g/mol. The Bertz CT molecular complexity index is 786. The Labute approximate surface area is 155 Å². The fourth-order valence-corrected chi connectivity index (χ4v) is 3.64. The molecule has 0 saturated carbocycles. The number of nitro benzene ring substituents is 1. The molecule has 0 bridgehead atoms. The van der Waals surface area contributed by atoms with E-state index in [0.717, 1.165) is 20.1 Å². The highest BCUT2D eigenvalue weighted by Gasteiger charge is 2.17. The Kier molecular flexibility index (Phi) is 5.95. The molecule has 6 nitrogen and oxygen atoms in total. The summed E-state index contributed by atoms with van der Waals surface area (Å²) in [7, 11) is 0. The maximum Gasteiger partial charge on any atom is 0.310 e. The lowest BCUT2D eigenvalue weighted by molar-refractivity contribution is -0.385. The largest absolute Gasteiger partial charge is 0.477 e. The first-order valence-corrected chi connectivity index (χ1v) is 8.50. The standard InChI is InChI=1S/C16H14Br2N2O4/c1-9-3-4-13(20(22)23)14(7-9)24-8-15(21)19-16-11(17)5-10(2)6-12(16)18/h3-7H,8H2,1-2H3,(H,19,21). The second-order valence-electron chi connectivity index (χ2n) is 5.17. The van der Waals surface area contributed by atoms with E-state index >= 15 is 0 Å². The van der Waals surface area contributed by atoms with Gasteiger partial charge in [-0.05, 0) is 75.0 Å². The predicted molar refractivity (Wildman–Crippen MR) is 98.5 cm³/mol. The number of nitro groups is 1. The van der Waals surface area contributed by atoms with E-state index in [1.807, 2.05) is 19.1 Å². The highest BCUT2D eigenvalue weighted by Crippen LogP contribution is 2.32. The van der Waals surface area contributed by atoms with Gasteiger partial charge in [0.05, 0.1) is 10.6 Å². The molecule has 2 rings (SSSR count). The van der Waals surface area contributed by atoms with E-state index in [0.29, 0.717) is 5.69 Å². The fourth-order valence-electron chi connectivity index (χ4n) is 2.03. The van der Waals surface area contributed by atoms with Gasteiger partial charge in [0.25, 0.3) is 5.91 Å². The lowest BCUT2D eigenvalue weighted by Crippen LogP contribution is -2.21. The third-order valence-electron chi connectivity index (χ3n) is 3.12. The molecule has 0 atom stereocenters. The maximum atomic E-state index is 12.1. The number of aryl methyl sites for hydroxylation is 2. The van der Waals surface area contributed by atoms with E-state index in [2.05, 4.69) is 37.2 Å². The highest BCUT2D eigenvalue weighted by molar-refractivity contribution is 9.11. The molecule has 1 N–H and O–H groups in total. The van der Waals surface area contributed by atoms with Gasteiger partial charge in [0.1, 0.15) is 0 Å². The number of carbonyl (C=O) groups excluding carboxylic acids is 1. The van der Waals surface area contributed by atoms with Crippen LogP contribution in [0.25, 0.3) is 0 Å². The van der Waals surface area contributed by atoms with E-state index in [1.165, 1.54) is 12.1 Å². The summed E-state index contributed by atoms with van der Waals surface area (Å²) < 4.78 is 6.78. The van der Waals surface area contributed by atoms with Crippen molar-refractivity contribution in [2.75, 3.05) is 11.9 Å². The van der Waals surface area contributed by atoms with E-state index in [4.69, 9.17) is 4.74 Å². The van der Waals surface area contributed by atoms with Gasteiger partial charge < -0.3 is 10.1 Å². The smallest absolute Gasteiger partial charge is 0.310 e. The molecule has 24 heavy (non-hydrogen) atoms. The van der Waals surface area contributed by atoms with Crippen molar-refractivity contribution in [3.8, 4) is 5.75 Å². The number of carbonyl (C=O) groups is 1. The number of amides is 1. The zero-order valence-electron chi connectivity index (χ0n) is 12.9. The van der Waals surface area contributed by atoms with Crippen LogP contribution in [0.2, 0.25) is 0 Å². The molecule has 2 aromatic carbocycles. The first-order chi connectivity index (χ1) is 11.3. The van der Waals surface area contributed by atoms with Gasteiger partial charge in [0.2, 0.25) is 0 Å². The van der Waals surface area contributed by atoms with Crippen LogP contribution in [-0.4, -0.2) is 17.4 Å². The van der Waals surface area contributed by atoms with Crippen LogP contribution in [0.4, 0.5) is 11.4 Å². The highest BCUT2D eigenvalue weighted by atomic mass is 79.9. The number of ether oxygens (including phenoxy) is 1. The van der Waals surface area contributed by atoms with Crippen LogP contribution in [-0.2, 0) is 4.79 Å². The quantitative estimate of drug-likeness (QED) is 0.518. The lowest BCUT2D eigenvalue weighted by Gasteiger charge is -2.12. The molecule has 8 heteroatoms. The summed E-state index contributed by atoms with van der Waals surface area (Å²) in [5.74, 6) is -0.353. The van der Waals surface area contributed by atoms with Gasteiger partial charge in [-0.1, -0.05) is 6.07 Å². The van der Waals surface area contributed by atoms with Gasteiger partial charge in [-0.2, -0.15) is 0 Å². The maximum absolute atomic E-state index is 12.1. The van der Waals surface area contributed by atoms with Crippen LogP contribution in [0.1, 0.15) is 11.1 Å². The summed E-state index contributed by atoms with van der Waals surface area (Å²) >= 11 is 6.78. The van der Waals surface area contributed by atoms with Crippen molar-refractivity contribution >= 4 is 49.1 Å². The molecule has 0 spiro atoms. The molecule has 0 aliphatic heterocycles. The molecule has 0 radical (unpaired) electrons. The van der Waals surface area contributed by atoms with Crippen LogP contribution in [0.5, 0.6) is 5.75 Å². The Morgan fingerprint density at radius 1 is 1.17 bits per heavy atom. The number of benzene rings is 2. The van der Waals surface area contributed by atoms with Crippen molar-refractivity contribution in [1.82, 2.24) is 0 Å². The Morgan fingerprint density at radius 3 is 2.38 bits per heavy atom. The minimum Gasteiger partial charge on any atom is -0.477 e. The molecule has 0 saturated heterocycles. The Morgan fingerprint density at radius 2 is 1.79 bits per heavy atom. The third kappa shape index (κ3) is 4.55. The Hall–Kier alpha value is -1.93. The van der Waals surface area contributed by atoms with E-state index in [9.17, 15) is 14.9 Å². The molecular weight excluding hydrogens is 444 g/mol. The average Bonchev–Trinajstić information content (AvgIpc) is 2.48. The number of rotatable bonds is 5. The van der Waals surface area contributed by atoms with Crippen LogP contribution < -0.4 is 10.1 Å². The number of anilines is 1. The molecule has 0 aromatic heterocycles.